The predicted octanol–water partition coefficient (Wildman–Crippen LogP) is 4.21. The second-order valence-electron chi connectivity index (χ2n) is 11.0. The molecule has 13 heteroatoms. The van der Waals surface area contributed by atoms with Gasteiger partial charge in [-0.1, -0.05) is 74.0 Å². The summed E-state index contributed by atoms with van der Waals surface area (Å²) >= 11 is 6.14. The number of carbonyl (C=O) groups excluding carboxylic acids is 4. The molecule has 3 aromatic rings. The first-order valence-electron chi connectivity index (χ1n) is 14.4. The number of halogens is 4. The molecule has 246 valence electrons. The molecule has 1 unspecified atom stereocenters. The maximum Gasteiger partial charge on any atom is 0.452 e. The van der Waals surface area contributed by atoms with Gasteiger partial charge in [0, 0.05) is 18.0 Å². The maximum atomic E-state index is 13.8. The first-order chi connectivity index (χ1) is 21.7. The van der Waals surface area contributed by atoms with E-state index in [2.05, 4.69) is 16.0 Å². The quantitative estimate of drug-likeness (QED) is 0.204. The summed E-state index contributed by atoms with van der Waals surface area (Å²) < 4.78 is 45.2. The second kappa shape index (κ2) is 16.2. The number of ketones is 1. The molecule has 0 heterocycles. The molecule has 3 rings (SSSR count). The molecule has 0 fully saturated rings. The molecule has 0 aliphatic rings. The highest BCUT2D eigenvalue weighted by atomic mass is 35.5. The fourth-order valence-electron chi connectivity index (χ4n) is 4.62. The third-order valence-electron chi connectivity index (χ3n) is 7.13. The number of hydrogen-bond donors (Lipinski definition) is 4. The molecule has 0 aromatic heterocycles. The van der Waals surface area contributed by atoms with Gasteiger partial charge in [0.15, 0.2) is 0 Å². The minimum Gasteiger partial charge on any atom is -0.497 e. The van der Waals surface area contributed by atoms with Crippen LogP contribution in [0.3, 0.4) is 0 Å². The third kappa shape index (κ3) is 10.3. The molecule has 9 nitrogen and oxygen atoms in total. The lowest BCUT2D eigenvalue weighted by atomic mass is 9.97. The zero-order valence-electron chi connectivity index (χ0n) is 25.5. The maximum absolute atomic E-state index is 13.8. The monoisotopic (exact) mass is 660 g/mol. The number of Topliss-reactive ketones (excluding diaryl/α,β-unsaturated/α-hetero) is 1. The molecule has 3 amide bonds. The highest BCUT2D eigenvalue weighted by molar-refractivity contribution is 6.30. The van der Waals surface area contributed by atoms with Crippen LogP contribution < -0.4 is 26.4 Å². The zero-order valence-corrected chi connectivity index (χ0v) is 26.2. The van der Waals surface area contributed by atoms with E-state index in [1.165, 1.54) is 45.2 Å². The molecular formula is C33H36ClF3N4O5. The summed E-state index contributed by atoms with van der Waals surface area (Å²) in [5.41, 5.74) is 7.98. The molecule has 0 spiro atoms. The summed E-state index contributed by atoms with van der Waals surface area (Å²) in [4.78, 5) is 52.6. The van der Waals surface area contributed by atoms with Gasteiger partial charge in [0.05, 0.1) is 19.6 Å². The molecule has 0 saturated heterocycles. The number of hydrogen-bond acceptors (Lipinski definition) is 6. The molecule has 5 N–H and O–H groups in total. The van der Waals surface area contributed by atoms with Crippen LogP contribution in [0, 0.1) is 5.92 Å². The molecule has 0 aliphatic carbocycles. The average Bonchev–Trinajstić information content (AvgIpc) is 3.01. The van der Waals surface area contributed by atoms with Gasteiger partial charge >= 0.3 is 6.18 Å². The van der Waals surface area contributed by atoms with Gasteiger partial charge in [-0.05, 0) is 52.4 Å². The van der Waals surface area contributed by atoms with Gasteiger partial charge in [-0.25, -0.2) is 0 Å². The van der Waals surface area contributed by atoms with Crippen molar-refractivity contribution < 1.29 is 37.1 Å². The third-order valence-corrected chi connectivity index (χ3v) is 7.36. The lowest BCUT2D eigenvalue weighted by Gasteiger charge is -2.27. The molecule has 3 aromatic carbocycles. The number of methoxy groups -OCH3 is 1. The molecule has 0 bridgehead atoms. The fraction of sp³-hybridized carbons (Fsp3) is 0.333. The van der Waals surface area contributed by atoms with Crippen LogP contribution in [-0.4, -0.2) is 48.9 Å². The highest BCUT2D eigenvalue weighted by Crippen LogP contribution is 2.23. The van der Waals surface area contributed by atoms with Gasteiger partial charge in [-0.3, -0.25) is 19.2 Å². The van der Waals surface area contributed by atoms with E-state index in [0.29, 0.717) is 28.4 Å². The Morgan fingerprint density at radius 3 is 2.02 bits per heavy atom. The Hall–Kier alpha value is -4.42. The summed E-state index contributed by atoms with van der Waals surface area (Å²) in [6, 6.07) is 14.9. The Morgan fingerprint density at radius 1 is 0.848 bits per heavy atom. The Balaban J connectivity index is 1.92. The first-order valence-corrected chi connectivity index (χ1v) is 14.8. The average molecular weight is 661 g/mol. The van der Waals surface area contributed by atoms with E-state index in [4.69, 9.17) is 22.1 Å². The van der Waals surface area contributed by atoms with Gasteiger partial charge < -0.3 is 26.4 Å². The normalized spacial score (nSPS) is 13.3. The van der Waals surface area contributed by atoms with Crippen LogP contribution in [0.4, 0.5) is 13.2 Å². The first kappa shape index (κ1) is 36.1. The number of alkyl halides is 3. The summed E-state index contributed by atoms with van der Waals surface area (Å²) in [5.74, 6) is -4.97. The Kier molecular flexibility index (Phi) is 12.7. The van der Waals surface area contributed by atoms with Crippen molar-refractivity contribution >= 4 is 35.1 Å². The largest absolute Gasteiger partial charge is 0.497 e. The van der Waals surface area contributed by atoms with Crippen molar-refractivity contribution in [2.24, 2.45) is 11.7 Å². The summed E-state index contributed by atoms with van der Waals surface area (Å²) in [5, 5.41) is 7.83. The summed E-state index contributed by atoms with van der Waals surface area (Å²) in [6.07, 6.45) is -5.29. The van der Waals surface area contributed by atoms with Gasteiger partial charge in [0.1, 0.15) is 17.8 Å². The van der Waals surface area contributed by atoms with Crippen molar-refractivity contribution in [1.29, 1.82) is 0 Å². The van der Waals surface area contributed by atoms with Crippen molar-refractivity contribution in [2.75, 3.05) is 7.11 Å². The predicted molar refractivity (Wildman–Crippen MR) is 167 cm³/mol. The lowest BCUT2D eigenvalue weighted by molar-refractivity contribution is -0.175. The molecule has 0 aliphatic heterocycles. The second-order valence-corrected chi connectivity index (χ2v) is 11.4. The molecule has 0 radical (unpaired) electrons. The van der Waals surface area contributed by atoms with Crippen LogP contribution in [0.15, 0.2) is 72.8 Å². The molecule has 0 saturated carbocycles. The van der Waals surface area contributed by atoms with Crippen LogP contribution in [0.1, 0.15) is 42.1 Å². The SMILES string of the molecule is COc1ccc(C(NC(=O)[C@H](Cc2cccc(Cl)c2)NC(=O)Cc2ccc(CN)cc2)C(=O)N[C@H](C(=O)C(F)(F)F)C(C)C)cc1. The van der Waals surface area contributed by atoms with Gasteiger partial charge in [-0.15, -0.1) is 0 Å². The number of rotatable bonds is 14. The number of amides is 3. The molecule has 3 atom stereocenters. The Bertz CT molecular complexity index is 1510. The smallest absolute Gasteiger partial charge is 0.452 e. The van der Waals surface area contributed by atoms with E-state index in [0.717, 1.165) is 5.56 Å². The van der Waals surface area contributed by atoms with Crippen molar-refractivity contribution in [2.45, 2.75) is 57.5 Å². The minimum atomic E-state index is -5.20. The highest BCUT2D eigenvalue weighted by Gasteiger charge is 2.45. The molecule has 46 heavy (non-hydrogen) atoms. The van der Waals surface area contributed by atoms with Crippen LogP contribution in [-0.2, 0) is 38.6 Å². The van der Waals surface area contributed by atoms with Gasteiger partial charge in [0.2, 0.25) is 17.7 Å². The molecular weight excluding hydrogens is 625 g/mol. The van der Waals surface area contributed by atoms with Crippen LogP contribution in [0.25, 0.3) is 0 Å². The van der Waals surface area contributed by atoms with Crippen molar-refractivity contribution in [3.05, 3.63) is 100 Å². The number of ether oxygens (including phenoxy) is 1. The Morgan fingerprint density at radius 2 is 1.48 bits per heavy atom. The van der Waals surface area contributed by atoms with E-state index in [9.17, 15) is 32.3 Å². The topological polar surface area (TPSA) is 140 Å². The van der Waals surface area contributed by atoms with E-state index in [1.807, 2.05) is 0 Å². The number of carbonyl (C=O) groups is 4. The van der Waals surface area contributed by atoms with E-state index in [1.54, 1.807) is 48.5 Å². The fourth-order valence-corrected chi connectivity index (χ4v) is 4.83. The number of nitrogens with one attached hydrogen (secondary N) is 3. The summed E-state index contributed by atoms with van der Waals surface area (Å²) in [6.45, 7) is 3.05. The van der Waals surface area contributed by atoms with Gasteiger partial charge in [0.25, 0.3) is 5.78 Å². The van der Waals surface area contributed by atoms with Crippen LogP contribution >= 0.6 is 11.6 Å². The van der Waals surface area contributed by atoms with Crippen LogP contribution in [0.5, 0.6) is 5.75 Å². The van der Waals surface area contributed by atoms with Crippen molar-refractivity contribution in [3.8, 4) is 5.75 Å². The summed E-state index contributed by atoms with van der Waals surface area (Å²) in [7, 11) is 1.42. The van der Waals surface area contributed by atoms with E-state index >= 15 is 0 Å². The van der Waals surface area contributed by atoms with Crippen molar-refractivity contribution in [1.82, 2.24) is 16.0 Å². The van der Waals surface area contributed by atoms with Crippen LogP contribution in [0.2, 0.25) is 5.02 Å². The lowest BCUT2D eigenvalue weighted by Crippen LogP contribution is -2.55. The zero-order chi connectivity index (χ0) is 34.0. The standard InChI is InChI=1S/C33H36ClF3N4O5/c1-19(2)28(30(43)33(35,36)37)40-32(45)29(23-11-13-25(46-3)14-12-23)41-31(44)26(16-22-5-4-6-24(34)15-22)39-27(42)17-20-7-9-21(18-38)10-8-20/h4-15,19,26,28-29H,16-18,38H2,1-3H3,(H,39,42)(H,40,45)(H,41,44)/t26-,28-,29?/m0/s1. The minimum absolute atomic E-state index is 0.0254. The van der Waals surface area contributed by atoms with E-state index < -0.39 is 53.7 Å². The van der Waals surface area contributed by atoms with Gasteiger partial charge in [-0.2, -0.15) is 13.2 Å². The number of nitrogens with two attached hydrogens (primary N) is 1. The Labute approximate surface area is 270 Å². The van der Waals surface area contributed by atoms with E-state index in [-0.39, 0.29) is 18.4 Å². The number of benzene rings is 3. The van der Waals surface area contributed by atoms with Crippen molar-refractivity contribution in [3.63, 3.8) is 0 Å².